The molecule has 2 heterocycles. The Labute approximate surface area is 148 Å². The topological polar surface area (TPSA) is 56.9 Å². The molecule has 0 spiro atoms. The van der Waals surface area contributed by atoms with E-state index in [-0.39, 0.29) is 5.82 Å². The third kappa shape index (κ3) is 3.67. The third-order valence-corrected chi connectivity index (χ3v) is 5.07. The predicted octanol–water partition coefficient (Wildman–Crippen LogP) is 2.81. The molecule has 25 heavy (non-hydrogen) atoms. The van der Waals surface area contributed by atoms with Crippen molar-refractivity contribution in [3.63, 3.8) is 0 Å². The zero-order valence-electron chi connectivity index (χ0n) is 15.0. The van der Waals surface area contributed by atoms with Gasteiger partial charge in [0.25, 0.3) is 0 Å². The first-order valence-electron chi connectivity index (χ1n) is 8.66. The Hall–Kier alpha value is -2.39. The molecule has 6 heteroatoms. The van der Waals surface area contributed by atoms with E-state index < -0.39 is 0 Å². The highest BCUT2D eigenvalue weighted by Crippen LogP contribution is 2.24. The van der Waals surface area contributed by atoms with Crippen LogP contribution in [0.5, 0.6) is 0 Å². The van der Waals surface area contributed by atoms with Crippen molar-refractivity contribution in [2.45, 2.75) is 39.3 Å². The van der Waals surface area contributed by atoms with Gasteiger partial charge in [0.1, 0.15) is 5.82 Å². The maximum absolute atomic E-state index is 14.3. The fourth-order valence-corrected chi connectivity index (χ4v) is 3.52. The summed E-state index contributed by atoms with van der Waals surface area (Å²) in [5.74, 6) is -0.321. The molecule has 1 saturated heterocycles. The van der Waals surface area contributed by atoms with Crippen LogP contribution in [0.15, 0.2) is 18.2 Å². The zero-order chi connectivity index (χ0) is 18.0. The summed E-state index contributed by atoms with van der Waals surface area (Å²) in [6.45, 7) is 6.49. The first kappa shape index (κ1) is 17.4. The maximum Gasteiger partial charge on any atom is 0.147 e. The smallest absolute Gasteiger partial charge is 0.147 e. The molecule has 1 aromatic heterocycles. The third-order valence-electron chi connectivity index (χ3n) is 5.07. The van der Waals surface area contributed by atoms with E-state index in [4.69, 9.17) is 5.26 Å². The van der Waals surface area contributed by atoms with Crippen LogP contribution in [-0.2, 0) is 13.6 Å². The van der Waals surface area contributed by atoms with Crippen molar-refractivity contribution < 1.29 is 4.39 Å². The van der Waals surface area contributed by atoms with Gasteiger partial charge in [-0.2, -0.15) is 10.4 Å². The van der Waals surface area contributed by atoms with Gasteiger partial charge in [-0.25, -0.2) is 4.39 Å². The Morgan fingerprint density at radius 1 is 1.40 bits per heavy atom. The van der Waals surface area contributed by atoms with Gasteiger partial charge in [-0.1, -0.05) is 0 Å². The lowest BCUT2D eigenvalue weighted by Crippen LogP contribution is -2.45. The number of benzene rings is 1. The molecule has 0 bridgehead atoms. The minimum atomic E-state index is -0.321. The second kappa shape index (κ2) is 7.24. The average molecular weight is 341 g/mol. The van der Waals surface area contributed by atoms with Crippen molar-refractivity contribution in [2.75, 3.05) is 18.0 Å². The molecule has 0 radical (unpaired) electrons. The molecule has 2 aromatic rings. The number of piperidine rings is 1. The summed E-state index contributed by atoms with van der Waals surface area (Å²) in [5.41, 5.74) is 4.41. The first-order valence-corrected chi connectivity index (χ1v) is 8.66. The van der Waals surface area contributed by atoms with Crippen molar-refractivity contribution in [3.8, 4) is 6.07 Å². The van der Waals surface area contributed by atoms with Crippen molar-refractivity contribution in [1.82, 2.24) is 15.1 Å². The van der Waals surface area contributed by atoms with Gasteiger partial charge in [0.15, 0.2) is 0 Å². The molecule has 5 nitrogen and oxygen atoms in total. The molecular weight excluding hydrogens is 317 g/mol. The van der Waals surface area contributed by atoms with E-state index in [1.165, 1.54) is 17.3 Å². The number of aromatic nitrogens is 2. The fourth-order valence-electron chi connectivity index (χ4n) is 3.52. The lowest BCUT2D eigenvalue weighted by atomic mass is 10.0. The zero-order valence-corrected chi connectivity index (χ0v) is 15.0. The van der Waals surface area contributed by atoms with E-state index in [0.29, 0.717) is 17.3 Å². The molecule has 0 amide bonds. The molecule has 0 aliphatic carbocycles. The second-order valence-electron chi connectivity index (χ2n) is 6.72. The van der Waals surface area contributed by atoms with E-state index in [1.807, 2.05) is 24.7 Å². The van der Waals surface area contributed by atoms with E-state index >= 15 is 0 Å². The van der Waals surface area contributed by atoms with Gasteiger partial charge in [-0.05, 0) is 44.9 Å². The molecular formula is C19H24FN5. The Balaban J connectivity index is 1.66. The molecule has 1 fully saturated rings. The molecule has 3 rings (SSSR count). The highest BCUT2D eigenvalue weighted by atomic mass is 19.1. The molecule has 1 N–H and O–H groups in total. The van der Waals surface area contributed by atoms with Gasteiger partial charge >= 0.3 is 0 Å². The largest absolute Gasteiger partial charge is 0.368 e. The highest BCUT2D eigenvalue weighted by molar-refractivity contribution is 5.51. The molecule has 132 valence electrons. The van der Waals surface area contributed by atoms with Gasteiger partial charge in [0, 0.05) is 44.0 Å². The number of hydrogen-bond acceptors (Lipinski definition) is 4. The standard InChI is InChI=1S/C19H24FN5/c1-13-17(14(2)24(3)23-13)11-22-16-5-4-8-25(12-16)19-7-6-15(10-21)9-18(19)20/h6-7,9,16,22H,4-5,8,11-12H2,1-3H3/t16-/m1/s1. The molecule has 1 atom stereocenters. The maximum atomic E-state index is 14.3. The van der Waals surface area contributed by atoms with Gasteiger partial charge in [0.05, 0.1) is 23.0 Å². The van der Waals surface area contributed by atoms with Crippen LogP contribution in [0, 0.1) is 31.0 Å². The Kier molecular flexibility index (Phi) is 5.05. The van der Waals surface area contributed by atoms with Crippen molar-refractivity contribution in [3.05, 3.63) is 46.5 Å². The van der Waals surface area contributed by atoms with Gasteiger partial charge in [0.2, 0.25) is 0 Å². The summed E-state index contributed by atoms with van der Waals surface area (Å²) in [7, 11) is 1.96. The quantitative estimate of drug-likeness (QED) is 0.929. The summed E-state index contributed by atoms with van der Waals surface area (Å²) >= 11 is 0. The number of aryl methyl sites for hydroxylation is 2. The van der Waals surface area contributed by atoms with Crippen molar-refractivity contribution >= 4 is 5.69 Å². The Bertz CT molecular complexity index is 805. The SMILES string of the molecule is Cc1nn(C)c(C)c1CN[C@@H]1CCCN(c2ccc(C#N)cc2F)C1. The number of halogens is 1. The summed E-state index contributed by atoms with van der Waals surface area (Å²) in [6, 6.07) is 6.99. The van der Waals surface area contributed by atoms with Crippen LogP contribution in [0.4, 0.5) is 10.1 Å². The fraction of sp³-hybridized carbons (Fsp3) is 0.474. The van der Waals surface area contributed by atoms with Gasteiger partial charge in [-0.3, -0.25) is 4.68 Å². The van der Waals surface area contributed by atoms with E-state index in [2.05, 4.69) is 22.2 Å². The van der Waals surface area contributed by atoms with Crippen molar-refractivity contribution in [2.24, 2.45) is 7.05 Å². The summed E-state index contributed by atoms with van der Waals surface area (Å²) in [4.78, 5) is 2.07. The number of nitrogens with one attached hydrogen (secondary N) is 1. The van der Waals surface area contributed by atoms with E-state index in [0.717, 1.165) is 38.2 Å². The van der Waals surface area contributed by atoms with Crippen LogP contribution in [0.25, 0.3) is 0 Å². The minimum Gasteiger partial charge on any atom is -0.368 e. The normalized spacial score (nSPS) is 17.6. The van der Waals surface area contributed by atoms with Crippen LogP contribution in [0.1, 0.15) is 35.4 Å². The predicted molar refractivity (Wildman–Crippen MR) is 95.9 cm³/mol. The lowest BCUT2D eigenvalue weighted by Gasteiger charge is -2.35. The number of nitriles is 1. The molecule has 1 aromatic carbocycles. The van der Waals surface area contributed by atoms with Crippen LogP contribution in [0.2, 0.25) is 0 Å². The van der Waals surface area contributed by atoms with E-state index in [1.54, 1.807) is 12.1 Å². The number of rotatable bonds is 4. The molecule has 1 aliphatic rings. The number of nitrogens with zero attached hydrogens (tertiary/aromatic N) is 4. The van der Waals surface area contributed by atoms with Gasteiger partial charge < -0.3 is 10.2 Å². The summed E-state index contributed by atoms with van der Waals surface area (Å²) in [5, 5.41) is 16.9. The minimum absolute atomic E-state index is 0.308. The Morgan fingerprint density at radius 3 is 2.84 bits per heavy atom. The monoisotopic (exact) mass is 341 g/mol. The van der Waals surface area contributed by atoms with Crippen LogP contribution in [0.3, 0.4) is 0 Å². The first-order chi connectivity index (χ1) is 12.0. The van der Waals surface area contributed by atoms with Crippen LogP contribution >= 0.6 is 0 Å². The number of hydrogen-bond donors (Lipinski definition) is 1. The lowest BCUT2D eigenvalue weighted by molar-refractivity contribution is 0.418. The van der Waals surface area contributed by atoms with Crippen LogP contribution in [-0.4, -0.2) is 28.9 Å². The average Bonchev–Trinajstić information content (AvgIpc) is 2.85. The Morgan fingerprint density at radius 2 is 2.20 bits per heavy atom. The molecule has 1 aliphatic heterocycles. The van der Waals surface area contributed by atoms with Gasteiger partial charge in [-0.15, -0.1) is 0 Å². The van der Waals surface area contributed by atoms with E-state index in [9.17, 15) is 4.39 Å². The van der Waals surface area contributed by atoms with Crippen molar-refractivity contribution in [1.29, 1.82) is 5.26 Å². The summed E-state index contributed by atoms with van der Waals surface area (Å²) in [6.07, 6.45) is 2.09. The second-order valence-corrected chi connectivity index (χ2v) is 6.72. The number of anilines is 1. The highest BCUT2D eigenvalue weighted by Gasteiger charge is 2.22. The van der Waals surface area contributed by atoms with Crippen LogP contribution < -0.4 is 10.2 Å². The summed E-state index contributed by atoms with van der Waals surface area (Å²) < 4.78 is 16.2. The molecule has 0 unspecified atom stereocenters. The molecule has 0 saturated carbocycles.